The van der Waals surface area contributed by atoms with Gasteiger partial charge in [-0.1, -0.05) is 19.8 Å². The van der Waals surface area contributed by atoms with Crippen LogP contribution in [0.15, 0.2) is 0 Å². The highest BCUT2D eigenvalue weighted by atomic mass is 16.6. The van der Waals surface area contributed by atoms with Crippen LogP contribution in [0.2, 0.25) is 0 Å². The van der Waals surface area contributed by atoms with E-state index < -0.39 is 17.2 Å². The first-order valence-electron chi connectivity index (χ1n) is 5.84. The van der Waals surface area contributed by atoms with Gasteiger partial charge in [-0.2, -0.15) is 0 Å². The summed E-state index contributed by atoms with van der Waals surface area (Å²) in [6.07, 6.45) is 2.28. The lowest BCUT2D eigenvalue weighted by atomic mass is 9.96. The summed E-state index contributed by atoms with van der Waals surface area (Å²) >= 11 is 0. The largest absolute Gasteiger partial charge is 0.444 e. The van der Waals surface area contributed by atoms with E-state index in [4.69, 9.17) is 4.74 Å². The minimum Gasteiger partial charge on any atom is -0.444 e. The number of hydrogen-bond acceptors (Lipinski definition) is 3. The SMILES string of the molecule is CCCC[C@@](C)(CO)NC(=O)OC(C)(C)C. The van der Waals surface area contributed by atoms with E-state index in [1.807, 2.05) is 27.7 Å². The number of carbonyl (C=O) groups excluding carboxylic acids is 1. The van der Waals surface area contributed by atoms with Crippen LogP contribution in [-0.2, 0) is 4.74 Å². The number of hydrogen-bond donors (Lipinski definition) is 2. The smallest absolute Gasteiger partial charge is 0.408 e. The molecule has 4 nitrogen and oxygen atoms in total. The van der Waals surface area contributed by atoms with Crippen LogP contribution in [0.1, 0.15) is 53.9 Å². The second kappa shape index (κ2) is 6.09. The second-order valence-electron chi connectivity index (χ2n) is 5.45. The molecule has 0 fully saturated rings. The fourth-order valence-corrected chi connectivity index (χ4v) is 1.30. The molecule has 0 saturated carbocycles. The van der Waals surface area contributed by atoms with Crippen LogP contribution < -0.4 is 5.32 Å². The highest BCUT2D eigenvalue weighted by molar-refractivity contribution is 5.68. The minimum absolute atomic E-state index is 0.0771. The Bertz CT molecular complexity index is 223. The number of aliphatic hydroxyl groups is 1. The molecule has 0 aliphatic heterocycles. The molecule has 4 heteroatoms. The third-order valence-electron chi connectivity index (χ3n) is 2.23. The Labute approximate surface area is 98.4 Å². The van der Waals surface area contributed by atoms with Crippen molar-refractivity contribution in [3.63, 3.8) is 0 Å². The number of unbranched alkanes of at least 4 members (excludes halogenated alkanes) is 1. The molecule has 2 N–H and O–H groups in total. The summed E-state index contributed by atoms with van der Waals surface area (Å²) in [7, 11) is 0. The third-order valence-corrected chi connectivity index (χ3v) is 2.23. The standard InChI is InChI=1S/C12H25NO3/c1-6-7-8-12(5,9-14)13-10(15)16-11(2,3)4/h14H,6-9H2,1-5H3,(H,13,15)/t12-/m0/s1. The van der Waals surface area contributed by atoms with Gasteiger partial charge in [-0.15, -0.1) is 0 Å². The van der Waals surface area contributed by atoms with E-state index in [2.05, 4.69) is 12.2 Å². The van der Waals surface area contributed by atoms with Crippen molar-refractivity contribution in [3.05, 3.63) is 0 Å². The van der Waals surface area contributed by atoms with E-state index in [-0.39, 0.29) is 6.61 Å². The monoisotopic (exact) mass is 231 g/mol. The number of alkyl carbamates (subject to hydrolysis) is 1. The molecule has 0 aliphatic rings. The topological polar surface area (TPSA) is 58.6 Å². The van der Waals surface area contributed by atoms with Crippen LogP contribution >= 0.6 is 0 Å². The van der Waals surface area contributed by atoms with Crippen molar-refractivity contribution in [2.24, 2.45) is 0 Å². The van der Waals surface area contributed by atoms with Crippen LogP contribution in [0.3, 0.4) is 0 Å². The van der Waals surface area contributed by atoms with E-state index in [1.165, 1.54) is 0 Å². The van der Waals surface area contributed by atoms with Crippen molar-refractivity contribution in [1.29, 1.82) is 0 Å². The Morgan fingerprint density at radius 1 is 1.31 bits per heavy atom. The maximum absolute atomic E-state index is 11.6. The first-order chi connectivity index (χ1) is 7.22. The lowest BCUT2D eigenvalue weighted by Gasteiger charge is -2.30. The number of aliphatic hydroxyl groups excluding tert-OH is 1. The van der Waals surface area contributed by atoms with Gasteiger partial charge in [0.2, 0.25) is 0 Å². The molecular formula is C12H25NO3. The minimum atomic E-state index is -0.585. The highest BCUT2D eigenvalue weighted by Gasteiger charge is 2.27. The van der Waals surface area contributed by atoms with Gasteiger partial charge in [0, 0.05) is 0 Å². The molecule has 16 heavy (non-hydrogen) atoms. The zero-order chi connectivity index (χ0) is 12.8. The summed E-state index contributed by atoms with van der Waals surface area (Å²) in [5.74, 6) is 0. The van der Waals surface area contributed by atoms with Gasteiger partial charge in [0.15, 0.2) is 0 Å². The van der Waals surface area contributed by atoms with Gasteiger partial charge in [0.05, 0.1) is 12.1 Å². The fourth-order valence-electron chi connectivity index (χ4n) is 1.30. The molecule has 0 unspecified atom stereocenters. The van der Waals surface area contributed by atoms with Gasteiger partial charge in [0.1, 0.15) is 5.60 Å². The number of carbonyl (C=O) groups is 1. The molecule has 0 radical (unpaired) electrons. The molecular weight excluding hydrogens is 206 g/mol. The molecule has 0 bridgehead atoms. The average molecular weight is 231 g/mol. The molecule has 0 aromatic carbocycles. The quantitative estimate of drug-likeness (QED) is 0.764. The Balaban J connectivity index is 4.25. The maximum atomic E-state index is 11.6. The number of amides is 1. The predicted molar refractivity (Wildman–Crippen MR) is 64.4 cm³/mol. The molecule has 0 saturated heterocycles. The zero-order valence-electron chi connectivity index (χ0n) is 11.1. The van der Waals surface area contributed by atoms with Gasteiger partial charge in [0.25, 0.3) is 0 Å². The van der Waals surface area contributed by atoms with Crippen molar-refractivity contribution in [1.82, 2.24) is 5.32 Å². The number of rotatable bonds is 5. The molecule has 1 amide bonds. The van der Waals surface area contributed by atoms with Crippen molar-refractivity contribution < 1.29 is 14.6 Å². The van der Waals surface area contributed by atoms with Crippen molar-refractivity contribution in [3.8, 4) is 0 Å². The van der Waals surface area contributed by atoms with Crippen molar-refractivity contribution >= 4 is 6.09 Å². The van der Waals surface area contributed by atoms with E-state index >= 15 is 0 Å². The van der Waals surface area contributed by atoms with E-state index in [0.29, 0.717) is 0 Å². The van der Waals surface area contributed by atoms with Gasteiger partial charge < -0.3 is 15.2 Å². The average Bonchev–Trinajstić information content (AvgIpc) is 2.11. The van der Waals surface area contributed by atoms with E-state index in [0.717, 1.165) is 19.3 Å². The Morgan fingerprint density at radius 2 is 1.88 bits per heavy atom. The normalized spacial score (nSPS) is 15.4. The molecule has 0 heterocycles. The van der Waals surface area contributed by atoms with Crippen LogP contribution in [0, 0.1) is 0 Å². The van der Waals surface area contributed by atoms with Crippen molar-refractivity contribution in [2.45, 2.75) is 65.0 Å². The lowest BCUT2D eigenvalue weighted by molar-refractivity contribution is 0.0404. The summed E-state index contributed by atoms with van der Waals surface area (Å²) in [5, 5.41) is 12.0. The third kappa shape index (κ3) is 6.67. The number of ether oxygens (including phenoxy) is 1. The maximum Gasteiger partial charge on any atom is 0.408 e. The number of nitrogens with one attached hydrogen (secondary N) is 1. The van der Waals surface area contributed by atoms with Gasteiger partial charge in [-0.05, 0) is 34.1 Å². The van der Waals surface area contributed by atoms with Crippen LogP contribution in [0.4, 0.5) is 4.79 Å². The van der Waals surface area contributed by atoms with E-state index in [9.17, 15) is 9.90 Å². The first-order valence-corrected chi connectivity index (χ1v) is 5.84. The highest BCUT2D eigenvalue weighted by Crippen LogP contribution is 2.15. The predicted octanol–water partition coefficient (Wildman–Crippen LogP) is 2.45. The van der Waals surface area contributed by atoms with Crippen LogP contribution in [-0.4, -0.2) is 28.9 Å². The van der Waals surface area contributed by atoms with E-state index in [1.54, 1.807) is 0 Å². The molecule has 1 atom stereocenters. The summed E-state index contributed by atoms with van der Waals surface area (Å²) < 4.78 is 5.15. The first kappa shape index (κ1) is 15.2. The fraction of sp³-hybridized carbons (Fsp3) is 0.917. The van der Waals surface area contributed by atoms with Gasteiger partial charge in [-0.25, -0.2) is 4.79 Å². The zero-order valence-corrected chi connectivity index (χ0v) is 11.1. The molecule has 0 aliphatic carbocycles. The Kier molecular flexibility index (Phi) is 5.79. The molecule has 96 valence electrons. The second-order valence-corrected chi connectivity index (χ2v) is 5.45. The summed E-state index contributed by atoms with van der Waals surface area (Å²) in [6.45, 7) is 9.27. The molecule has 0 aromatic rings. The summed E-state index contributed by atoms with van der Waals surface area (Å²) in [4.78, 5) is 11.6. The van der Waals surface area contributed by atoms with Crippen LogP contribution in [0.5, 0.6) is 0 Å². The lowest BCUT2D eigenvalue weighted by Crippen LogP contribution is -2.50. The van der Waals surface area contributed by atoms with Crippen molar-refractivity contribution in [2.75, 3.05) is 6.61 Å². The summed E-state index contributed by atoms with van der Waals surface area (Å²) in [6, 6.07) is 0. The summed E-state index contributed by atoms with van der Waals surface area (Å²) in [5.41, 5.74) is -1.09. The Morgan fingerprint density at radius 3 is 2.25 bits per heavy atom. The molecule has 0 spiro atoms. The Hall–Kier alpha value is -0.770. The molecule has 0 aromatic heterocycles. The van der Waals surface area contributed by atoms with Crippen LogP contribution in [0.25, 0.3) is 0 Å². The van der Waals surface area contributed by atoms with Gasteiger partial charge in [-0.3, -0.25) is 0 Å². The molecule has 0 rings (SSSR count). The van der Waals surface area contributed by atoms with Gasteiger partial charge >= 0.3 is 6.09 Å².